The molecule has 2 heteroatoms. The smallest absolute Gasteiger partial charge is 0.0408 e. The number of benzene rings is 1. The molecule has 0 unspecified atom stereocenters. The minimum absolute atomic E-state index is 0.553. The van der Waals surface area contributed by atoms with Gasteiger partial charge in [-0.05, 0) is 49.6 Å². The first-order valence-electron chi connectivity index (χ1n) is 4.77. The summed E-state index contributed by atoms with van der Waals surface area (Å²) in [6.07, 6.45) is 2.54. The van der Waals surface area contributed by atoms with Gasteiger partial charge in [-0.1, -0.05) is 17.7 Å². The van der Waals surface area contributed by atoms with E-state index in [0.29, 0.717) is 6.04 Å². The molecule has 70 valence electrons. The van der Waals surface area contributed by atoms with Crippen molar-refractivity contribution < 1.29 is 0 Å². The van der Waals surface area contributed by atoms with Crippen LogP contribution >= 0.6 is 11.6 Å². The maximum absolute atomic E-state index is 5.90. The second-order valence-corrected chi connectivity index (χ2v) is 4.09. The molecular weight excluding hydrogens is 182 g/mol. The molecule has 1 aromatic rings. The molecule has 1 N–H and O–H groups in total. The molecule has 13 heavy (non-hydrogen) atoms. The highest BCUT2D eigenvalue weighted by atomic mass is 35.5. The molecule has 0 spiro atoms. The minimum atomic E-state index is 0.553. The van der Waals surface area contributed by atoms with Crippen LogP contribution < -0.4 is 5.32 Å². The Balaban J connectivity index is 2.29. The normalized spacial score (nSPS) is 22.2. The average molecular weight is 196 g/mol. The van der Waals surface area contributed by atoms with Gasteiger partial charge in [-0.3, -0.25) is 0 Å². The molecule has 0 amide bonds. The molecule has 0 bridgehead atoms. The van der Waals surface area contributed by atoms with Crippen LogP contribution in [0.15, 0.2) is 18.2 Å². The predicted molar refractivity (Wildman–Crippen MR) is 56.2 cm³/mol. The van der Waals surface area contributed by atoms with Gasteiger partial charge in [0, 0.05) is 11.1 Å². The summed E-state index contributed by atoms with van der Waals surface area (Å²) in [6.45, 7) is 3.27. The second-order valence-electron chi connectivity index (χ2n) is 3.65. The Morgan fingerprint density at radius 1 is 1.46 bits per heavy atom. The third-order valence-electron chi connectivity index (χ3n) is 2.67. The van der Waals surface area contributed by atoms with Gasteiger partial charge in [-0.25, -0.2) is 0 Å². The van der Waals surface area contributed by atoms with Crippen LogP contribution in [0.5, 0.6) is 0 Å². The third-order valence-corrected chi connectivity index (χ3v) is 2.90. The van der Waals surface area contributed by atoms with E-state index in [4.69, 9.17) is 11.6 Å². The second kappa shape index (κ2) is 3.69. The summed E-state index contributed by atoms with van der Waals surface area (Å²) in [6, 6.07) is 6.71. The Morgan fingerprint density at radius 3 is 2.92 bits per heavy atom. The van der Waals surface area contributed by atoms with Crippen LogP contribution in [0.2, 0.25) is 5.02 Å². The molecule has 0 saturated carbocycles. The molecule has 0 aliphatic carbocycles. The Bertz CT molecular complexity index is 303. The van der Waals surface area contributed by atoms with Gasteiger partial charge in [0.25, 0.3) is 0 Å². The van der Waals surface area contributed by atoms with Crippen molar-refractivity contribution >= 4 is 11.6 Å². The fourth-order valence-electron chi connectivity index (χ4n) is 1.98. The van der Waals surface area contributed by atoms with E-state index in [2.05, 4.69) is 18.3 Å². The highest BCUT2D eigenvalue weighted by molar-refractivity contribution is 6.30. The van der Waals surface area contributed by atoms with E-state index < -0.39 is 0 Å². The van der Waals surface area contributed by atoms with Crippen LogP contribution in [-0.2, 0) is 0 Å². The summed E-state index contributed by atoms with van der Waals surface area (Å²) < 4.78 is 0. The predicted octanol–water partition coefficient (Wildman–Crippen LogP) is 3.07. The number of hydrogen-bond donors (Lipinski definition) is 1. The van der Waals surface area contributed by atoms with Crippen molar-refractivity contribution in [2.75, 3.05) is 6.54 Å². The Labute approximate surface area is 84.1 Å². The number of hydrogen-bond acceptors (Lipinski definition) is 1. The van der Waals surface area contributed by atoms with Crippen LogP contribution in [0.4, 0.5) is 0 Å². The number of aryl methyl sites for hydroxylation is 1. The lowest BCUT2D eigenvalue weighted by molar-refractivity contribution is 0.644. The van der Waals surface area contributed by atoms with Crippen molar-refractivity contribution in [1.29, 1.82) is 0 Å². The molecule has 2 rings (SSSR count). The number of halogens is 1. The Kier molecular flexibility index (Phi) is 2.56. The van der Waals surface area contributed by atoms with Gasteiger partial charge in [0.15, 0.2) is 0 Å². The first kappa shape index (κ1) is 9.04. The Morgan fingerprint density at radius 2 is 2.31 bits per heavy atom. The van der Waals surface area contributed by atoms with E-state index >= 15 is 0 Å². The SMILES string of the molecule is Cc1cc(Cl)ccc1[C@H]1CCCN1. The highest BCUT2D eigenvalue weighted by Gasteiger charge is 2.17. The summed E-state index contributed by atoms with van der Waals surface area (Å²) in [5.74, 6) is 0. The molecule has 1 fully saturated rings. The van der Waals surface area contributed by atoms with E-state index in [0.717, 1.165) is 11.6 Å². The third kappa shape index (κ3) is 1.87. The van der Waals surface area contributed by atoms with Gasteiger partial charge < -0.3 is 5.32 Å². The van der Waals surface area contributed by atoms with Crippen molar-refractivity contribution in [1.82, 2.24) is 5.32 Å². The monoisotopic (exact) mass is 195 g/mol. The summed E-state index contributed by atoms with van der Waals surface area (Å²) in [4.78, 5) is 0. The lowest BCUT2D eigenvalue weighted by Gasteiger charge is -2.13. The molecule has 1 atom stereocenters. The number of nitrogens with one attached hydrogen (secondary N) is 1. The first-order chi connectivity index (χ1) is 6.27. The van der Waals surface area contributed by atoms with Gasteiger partial charge in [0.2, 0.25) is 0 Å². The van der Waals surface area contributed by atoms with Crippen LogP contribution in [-0.4, -0.2) is 6.54 Å². The van der Waals surface area contributed by atoms with E-state index in [-0.39, 0.29) is 0 Å². The molecule has 1 aromatic carbocycles. The van der Waals surface area contributed by atoms with Crippen LogP contribution in [0.3, 0.4) is 0 Å². The van der Waals surface area contributed by atoms with Crippen molar-refractivity contribution in [2.24, 2.45) is 0 Å². The standard InChI is InChI=1S/C11H14ClN/c1-8-7-9(12)4-5-10(8)11-3-2-6-13-11/h4-5,7,11,13H,2-3,6H2,1H3/t11-/m1/s1. The topological polar surface area (TPSA) is 12.0 Å². The van der Waals surface area contributed by atoms with Crippen LogP contribution in [0.1, 0.15) is 30.0 Å². The fraction of sp³-hybridized carbons (Fsp3) is 0.455. The maximum atomic E-state index is 5.90. The van der Waals surface area contributed by atoms with Crippen molar-refractivity contribution in [3.8, 4) is 0 Å². The zero-order valence-electron chi connectivity index (χ0n) is 7.81. The zero-order valence-corrected chi connectivity index (χ0v) is 8.56. The van der Waals surface area contributed by atoms with Gasteiger partial charge in [0.1, 0.15) is 0 Å². The largest absolute Gasteiger partial charge is 0.310 e. The zero-order chi connectivity index (χ0) is 9.26. The molecule has 1 saturated heterocycles. The lowest BCUT2D eigenvalue weighted by atomic mass is 10.0. The summed E-state index contributed by atoms with van der Waals surface area (Å²) in [7, 11) is 0. The Hall–Kier alpha value is -0.530. The molecule has 1 aliphatic heterocycles. The van der Waals surface area contributed by atoms with Crippen molar-refractivity contribution in [3.05, 3.63) is 34.3 Å². The highest BCUT2D eigenvalue weighted by Crippen LogP contribution is 2.27. The van der Waals surface area contributed by atoms with E-state index in [9.17, 15) is 0 Å². The van der Waals surface area contributed by atoms with Gasteiger partial charge in [-0.2, -0.15) is 0 Å². The van der Waals surface area contributed by atoms with Crippen molar-refractivity contribution in [2.45, 2.75) is 25.8 Å². The van der Waals surface area contributed by atoms with Gasteiger partial charge in [0.05, 0.1) is 0 Å². The van der Waals surface area contributed by atoms with E-state index in [1.54, 1.807) is 0 Å². The summed E-state index contributed by atoms with van der Waals surface area (Å²) in [5.41, 5.74) is 2.70. The van der Waals surface area contributed by atoms with E-state index in [1.165, 1.54) is 24.0 Å². The summed E-state index contributed by atoms with van der Waals surface area (Å²) in [5, 5.41) is 4.32. The quantitative estimate of drug-likeness (QED) is 0.727. The minimum Gasteiger partial charge on any atom is -0.310 e. The molecular formula is C11H14ClN. The molecule has 0 aromatic heterocycles. The van der Waals surface area contributed by atoms with E-state index in [1.807, 2.05) is 12.1 Å². The van der Waals surface area contributed by atoms with Crippen molar-refractivity contribution in [3.63, 3.8) is 0 Å². The molecule has 1 nitrogen and oxygen atoms in total. The lowest BCUT2D eigenvalue weighted by Crippen LogP contribution is -2.13. The maximum Gasteiger partial charge on any atom is 0.0408 e. The summed E-state index contributed by atoms with van der Waals surface area (Å²) >= 11 is 5.90. The molecule has 1 aliphatic rings. The fourth-order valence-corrected chi connectivity index (χ4v) is 2.21. The number of rotatable bonds is 1. The molecule has 1 heterocycles. The first-order valence-corrected chi connectivity index (χ1v) is 5.14. The van der Waals surface area contributed by atoms with Crippen LogP contribution in [0.25, 0.3) is 0 Å². The van der Waals surface area contributed by atoms with Gasteiger partial charge in [-0.15, -0.1) is 0 Å². The average Bonchev–Trinajstić information content (AvgIpc) is 2.56. The van der Waals surface area contributed by atoms with Gasteiger partial charge >= 0.3 is 0 Å². The molecule has 0 radical (unpaired) electrons. The van der Waals surface area contributed by atoms with Crippen LogP contribution in [0, 0.1) is 6.92 Å².